The number of piperazine rings is 1. The van der Waals surface area contributed by atoms with Crippen molar-refractivity contribution in [1.29, 1.82) is 0 Å². The molecule has 1 N–H and O–H groups in total. The molecule has 0 spiro atoms. The summed E-state index contributed by atoms with van der Waals surface area (Å²) in [6.45, 7) is 7.03. The first-order valence-electron chi connectivity index (χ1n) is 10.3. The first-order valence-corrected chi connectivity index (χ1v) is 12.6. The van der Waals surface area contributed by atoms with Gasteiger partial charge in [0.05, 0.1) is 27.8 Å². The van der Waals surface area contributed by atoms with Gasteiger partial charge in [-0.15, -0.1) is 11.3 Å². The lowest BCUT2D eigenvalue weighted by molar-refractivity contribution is -0.113. The second-order valence-electron chi connectivity index (χ2n) is 7.26. The third-order valence-electron chi connectivity index (χ3n) is 5.28. The van der Waals surface area contributed by atoms with Crippen LogP contribution in [-0.4, -0.2) is 54.3 Å². The van der Waals surface area contributed by atoms with Crippen LogP contribution in [0.5, 0.6) is 0 Å². The summed E-state index contributed by atoms with van der Waals surface area (Å²) in [6, 6.07) is 15.8. The Morgan fingerprint density at radius 1 is 1.13 bits per heavy atom. The van der Waals surface area contributed by atoms with E-state index < -0.39 is 0 Å². The molecule has 0 atom stereocenters. The lowest BCUT2D eigenvalue weighted by Crippen LogP contribution is -2.46. The number of carbonyl (C=O) groups is 1. The molecule has 1 aliphatic rings. The van der Waals surface area contributed by atoms with Gasteiger partial charge in [-0.3, -0.25) is 4.79 Å². The highest BCUT2D eigenvalue weighted by Gasteiger charge is 2.21. The first kappa shape index (κ1) is 22.1. The molecule has 2 heterocycles. The van der Waals surface area contributed by atoms with Crippen molar-refractivity contribution in [2.75, 3.05) is 48.7 Å². The van der Waals surface area contributed by atoms with Gasteiger partial charge in [0.25, 0.3) is 0 Å². The molecular weight excluding hydrogens is 448 g/mol. The lowest BCUT2D eigenvalue weighted by atomic mass is 10.2. The number of halogens is 1. The lowest BCUT2D eigenvalue weighted by Gasteiger charge is -2.36. The fourth-order valence-corrected chi connectivity index (χ4v) is 5.53. The number of hydrogen-bond donors (Lipinski definition) is 1. The van der Waals surface area contributed by atoms with Crippen molar-refractivity contribution in [2.45, 2.75) is 11.3 Å². The number of aromatic nitrogens is 1. The molecular formula is C23H25ClN4OS2. The minimum absolute atomic E-state index is 0.0582. The van der Waals surface area contributed by atoms with Crippen molar-refractivity contribution in [1.82, 2.24) is 9.88 Å². The van der Waals surface area contributed by atoms with Gasteiger partial charge < -0.3 is 15.1 Å². The summed E-state index contributed by atoms with van der Waals surface area (Å²) in [5, 5.41) is 5.76. The standard InChI is InChI=1S/C23H25ClN4OS2/c1-2-27-11-13-28(14-12-27)22-18(24)9-6-10-19(22)25-21(29)16-31-23-26-20(15-30-23)17-7-4-3-5-8-17/h3-10,15H,2,11-14,16H2,1H3,(H,25,29). The monoisotopic (exact) mass is 472 g/mol. The zero-order valence-electron chi connectivity index (χ0n) is 17.4. The van der Waals surface area contributed by atoms with Crippen LogP contribution in [0.25, 0.3) is 11.3 Å². The predicted molar refractivity (Wildman–Crippen MR) is 133 cm³/mol. The van der Waals surface area contributed by atoms with Gasteiger partial charge in [-0.25, -0.2) is 4.98 Å². The van der Waals surface area contributed by atoms with E-state index in [9.17, 15) is 4.79 Å². The fraction of sp³-hybridized carbons (Fsp3) is 0.304. The Kier molecular flexibility index (Phi) is 7.50. The van der Waals surface area contributed by atoms with Gasteiger partial charge >= 0.3 is 0 Å². The van der Waals surface area contributed by atoms with Crippen LogP contribution in [0.4, 0.5) is 11.4 Å². The molecule has 0 bridgehead atoms. The molecule has 162 valence electrons. The molecule has 0 radical (unpaired) electrons. The summed E-state index contributed by atoms with van der Waals surface area (Å²) in [6.07, 6.45) is 0. The van der Waals surface area contributed by atoms with Gasteiger partial charge in [0.15, 0.2) is 4.34 Å². The van der Waals surface area contributed by atoms with E-state index in [1.54, 1.807) is 11.3 Å². The second-order valence-corrected chi connectivity index (χ2v) is 9.75. The molecule has 2 aromatic carbocycles. The van der Waals surface area contributed by atoms with Crippen molar-refractivity contribution in [2.24, 2.45) is 0 Å². The molecule has 8 heteroatoms. The number of carbonyl (C=O) groups excluding carboxylic acids is 1. The third kappa shape index (κ3) is 5.60. The van der Waals surface area contributed by atoms with E-state index >= 15 is 0 Å². The fourth-order valence-electron chi connectivity index (χ4n) is 3.60. The van der Waals surface area contributed by atoms with Gasteiger partial charge in [-0.2, -0.15) is 0 Å². The average molecular weight is 473 g/mol. The predicted octanol–water partition coefficient (Wildman–Crippen LogP) is 5.34. The molecule has 1 saturated heterocycles. The van der Waals surface area contributed by atoms with Crippen molar-refractivity contribution >= 4 is 52.0 Å². The van der Waals surface area contributed by atoms with E-state index in [1.165, 1.54) is 11.8 Å². The Balaban J connectivity index is 1.38. The first-order chi connectivity index (χ1) is 15.1. The number of amides is 1. The molecule has 0 aliphatic carbocycles. The van der Waals surface area contributed by atoms with Crippen LogP contribution in [0.1, 0.15) is 6.92 Å². The van der Waals surface area contributed by atoms with E-state index in [2.05, 4.69) is 27.0 Å². The Morgan fingerprint density at radius 3 is 2.65 bits per heavy atom. The zero-order valence-corrected chi connectivity index (χ0v) is 19.8. The number of hydrogen-bond acceptors (Lipinski definition) is 6. The Morgan fingerprint density at radius 2 is 1.90 bits per heavy atom. The molecule has 1 amide bonds. The minimum Gasteiger partial charge on any atom is -0.366 e. The Labute approximate surface area is 196 Å². The van der Waals surface area contributed by atoms with Gasteiger partial charge in [0, 0.05) is 37.1 Å². The molecule has 1 aliphatic heterocycles. The number of anilines is 2. The SMILES string of the molecule is CCN1CCN(c2c(Cl)cccc2NC(=O)CSc2nc(-c3ccccc3)cs2)CC1. The van der Waals surface area contributed by atoms with Crippen LogP contribution in [0.3, 0.4) is 0 Å². The van der Waals surface area contributed by atoms with Gasteiger partial charge in [-0.05, 0) is 18.7 Å². The summed E-state index contributed by atoms with van der Waals surface area (Å²) in [4.78, 5) is 22.0. The van der Waals surface area contributed by atoms with Crippen LogP contribution >= 0.6 is 34.7 Å². The highest BCUT2D eigenvalue weighted by atomic mass is 35.5. The van der Waals surface area contributed by atoms with Gasteiger partial charge in [-0.1, -0.05) is 66.7 Å². The zero-order chi connectivity index (χ0) is 21.6. The number of benzene rings is 2. The van der Waals surface area contributed by atoms with E-state index in [0.29, 0.717) is 10.8 Å². The number of para-hydroxylation sites is 1. The molecule has 3 aromatic rings. The van der Waals surface area contributed by atoms with Crippen LogP contribution < -0.4 is 10.2 Å². The van der Waals surface area contributed by atoms with Gasteiger partial charge in [0.1, 0.15) is 0 Å². The molecule has 1 fully saturated rings. The van der Waals surface area contributed by atoms with Crippen LogP contribution in [0, 0.1) is 0 Å². The summed E-state index contributed by atoms with van der Waals surface area (Å²) in [5.41, 5.74) is 3.71. The van der Waals surface area contributed by atoms with Crippen LogP contribution in [0.2, 0.25) is 5.02 Å². The third-order valence-corrected chi connectivity index (χ3v) is 7.60. The largest absolute Gasteiger partial charge is 0.366 e. The van der Waals surface area contributed by atoms with Crippen molar-refractivity contribution in [3.05, 3.63) is 58.9 Å². The minimum atomic E-state index is -0.0582. The highest BCUT2D eigenvalue weighted by Crippen LogP contribution is 2.35. The topological polar surface area (TPSA) is 48.5 Å². The Hall–Kier alpha value is -2.06. The summed E-state index contributed by atoms with van der Waals surface area (Å²) < 4.78 is 0.885. The average Bonchev–Trinajstić information content (AvgIpc) is 3.28. The van der Waals surface area contributed by atoms with Crippen LogP contribution in [0.15, 0.2) is 58.3 Å². The molecule has 0 unspecified atom stereocenters. The normalized spacial score (nSPS) is 14.6. The smallest absolute Gasteiger partial charge is 0.234 e. The molecule has 5 nitrogen and oxygen atoms in total. The molecule has 31 heavy (non-hydrogen) atoms. The van der Waals surface area contributed by atoms with Crippen LogP contribution in [-0.2, 0) is 4.79 Å². The molecule has 1 aromatic heterocycles. The summed E-state index contributed by atoms with van der Waals surface area (Å²) >= 11 is 9.55. The van der Waals surface area contributed by atoms with E-state index in [4.69, 9.17) is 11.6 Å². The molecule has 4 rings (SSSR count). The van der Waals surface area contributed by atoms with E-state index in [0.717, 1.165) is 59.7 Å². The van der Waals surface area contributed by atoms with Crippen molar-refractivity contribution in [3.63, 3.8) is 0 Å². The number of nitrogens with one attached hydrogen (secondary N) is 1. The molecule has 0 saturated carbocycles. The quantitative estimate of drug-likeness (QED) is 0.470. The number of thiazole rings is 1. The summed E-state index contributed by atoms with van der Waals surface area (Å²) in [5.74, 6) is 0.245. The maximum atomic E-state index is 12.7. The number of likely N-dealkylation sites (N-methyl/N-ethyl adjacent to an activating group) is 1. The maximum absolute atomic E-state index is 12.7. The highest BCUT2D eigenvalue weighted by molar-refractivity contribution is 8.01. The van der Waals surface area contributed by atoms with Gasteiger partial charge in [0.2, 0.25) is 5.91 Å². The number of rotatable bonds is 7. The Bertz CT molecular complexity index is 1020. The maximum Gasteiger partial charge on any atom is 0.234 e. The van der Waals surface area contributed by atoms with E-state index in [1.807, 2.05) is 53.9 Å². The summed E-state index contributed by atoms with van der Waals surface area (Å²) in [7, 11) is 0. The number of nitrogens with zero attached hydrogens (tertiary/aromatic N) is 3. The number of thioether (sulfide) groups is 1. The van der Waals surface area contributed by atoms with E-state index in [-0.39, 0.29) is 5.91 Å². The van der Waals surface area contributed by atoms with Crippen molar-refractivity contribution in [3.8, 4) is 11.3 Å². The second kappa shape index (κ2) is 10.5. The van der Waals surface area contributed by atoms with Crippen molar-refractivity contribution < 1.29 is 4.79 Å².